The fraction of sp³-hybridized carbons (Fsp3) is 0.538. The summed E-state index contributed by atoms with van der Waals surface area (Å²) in [5.41, 5.74) is 1.41. The molecule has 84 valence electrons. The van der Waals surface area contributed by atoms with Gasteiger partial charge in [0.25, 0.3) is 0 Å². The van der Waals surface area contributed by atoms with Crippen molar-refractivity contribution in [3.8, 4) is 5.75 Å². The Morgan fingerprint density at radius 2 is 1.67 bits per heavy atom. The van der Waals surface area contributed by atoms with Crippen molar-refractivity contribution in [1.82, 2.24) is 0 Å². The molecule has 15 heavy (non-hydrogen) atoms. The molecule has 1 aromatic carbocycles. The number of benzene rings is 1. The van der Waals surface area contributed by atoms with E-state index in [1.54, 1.807) is 0 Å². The van der Waals surface area contributed by atoms with Gasteiger partial charge in [-0.05, 0) is 0 Å². The van der Waals surface area contributed by atoms with Crippen molar-refractivity contribution in [3.05, 3.63) is 29.8 Å². The Balaban J connectivity index is 2.72. The van der Waals surface area contributed by atoms with Gasteiger partial charge >= 0.3 is 98.4 Å². The molecule has 0 N–H and O–H groups in total. The van der Waals surface area contributed by atoms with Gasteiger partial charge in [0.2, 0.25) is 0 Å². The Morgan fingerprint density at radius 3 is 2.07 bits per heavy atom. The Hall–Kier alpha value is -0.181. The van der Waals surface area contributed by atoms with Gasteiger partial charge in [-0.15, -0.1) is 0 Å². The third-order valence-electron chi connectivity index (χ3n) is 2.49. The van der Waals surface area contributed by atoms with E-state index in [2.05, 4.69) is 52.9 Å². The van der Waals surface area contributed by atoms with Crippen molar-refractivity contribution in [2.45, 2.75) is 41.0 Å². The molecule has 0 fully saturated rings. The molecule has 0 heterocycles. The van der Waals surface area contributed by atoms with Gasteiger partial charge in [-0.25, -0.2) is 0 Å². The average Bonchev–Trinajstić information content (AvgIpc) is 2.15. The summed E-state index contributed by atoms with van der Waals surface area (Å²) in [5.74, 6) is 1.70. The molecule has 1 unspecified atom stereocenters. The van der Waals surface area contributed by atoms with Crippen LogP contribution in [0.1, 0.15) is 31.7 Å². The Labute approximate surface area is 98.3 Å². The molecule has 2 heteroatoms. The summed E-state index contributed by atoms with van der Waals surface area (Å²) in [5, 5.41) is 0. The molecule has 1 nitrogen and oxygen atoms in total. The molecule has 1 rings (SSSR count). The summed E-state index contributed by atoms with van der Waals surface area (Å²) < 4.78 is 5.98. The molecule has 1 atom stereocenters. The maximum atomic E-state index is 5.98. The van der Waals surface area contributed by atoms with Gasteiger partial charge in [0.05, 0.1) is 0 Å². The maximum absolute atomic E-state index is 5.98. The first kappa shape index (κ1) is 12.9. The van der Waals surface area contributed by atoms with Gasteiger partial charge in [-0.2, -0.15) is 0 Å². The monoisotopic (exact) mass is 314 g/mol. The second kappa shape index (κ2) is 5.24. The van der Waals surface area contributed by atoms with E-state index in [4.69, 9.17) is 3.07 Å². The zero-order chi connectivity index (χ0) is 11.5. The second-order valence-electron chi connectivity index (χ2n) is 5.09. The Kier molecular flexibility index (Phi) is 4.50. The molecule has 0 spiro atoms. The summed E-state index contributed by atoms with van der Waals surface area (Å²) in [7, 11) is 0. The Bertz CT molecular complexity index is 297. The number of rotatable bonds is 4. The fourth-order valence-corrected chi connectivity index (χ4v) is 3.86. The molecule has 0 aliphatic carbocycles. The van der Waals surface area contributed by atoms with Crippen molar-refractivity contribution in [2.75, 3.05) is 0 Å². The van der Waals surface area contributed by atoms with Crippen LogP contribution in [0.15, 0.2) is 24.3 Å². The van der Waals surface area contributed by atoms with E-state index in [-0.39, 0.29) is 0 Å². The minimum atomic E-state index is -2.14. The second-order valence-corrected chi connectivity index (χ2v) is 17.7. The van der Waals surface area contributed by atoms with Gasteiger partial charge < -0.3 is 0 Å². The average molecular weight is 313 g/mol. The van der Waals surface area contributed by atoms with Crippen molar-refractivity contribution in [1.29, 1.82) is 0 Å². The minimum absolute atomic E-state index is 0.650. The summed E-state index contributed by atoms with van der Waals surface area (Å²) >= 11 is -2.14. The predicted molar refractivity (Wildman–Crippen MR) is 69.1 cm³/mol. The molecule has 0 amide bonds. The predicted octanol–water partition coefficient (Wildman–Crippen LogP) is 4.41. The molecule has 0 aliphatic heterocycles. The molecular weight excluding hydrogens is 291 g/mol. The van der Waals surface area contributed by atoms with Crippen LogP contribution in [-0.2, 0) is 0 Å². The molecule has 0 aromatic heterocycles. The van der Waals surface area contributed by atoms with E-state index in [0.29, 0.717) is 5.92 Å². The number of hydrogen-bond donors (Lipinski definition) is 0. The van der Waals surface area contributed by atoms with Crippen molar-refractivity contribution >= 4 is 18.8 Å². The normalized spacial score (nSPS) is 13.7. The van der Waals surface area contributed by atoms with Crippen LogP contribution in [0.25, 0.3) is 0 Å². The van der Waals surface area contributed by atoms with Crippen LogP contribution in [0, 0.1) is 0 Å². The quantitative estimate of drug-likeness (QED) is 0.748. The SMILES string of the molecule is CCC(C)c1ccc([O][Sn]([CH3])([CH3])[CH3])cc1. The van der Waals surface area contributed by atoms with Crippen LogP contribution in [-0.4, -0.2) is 18.8 Å². The molecule has 0 bridgehead atoms. The summed E-state index contributed by atoms with van der Waals surface area (Å²) in [4.78, 5) is 6.83. The van der Waals surface area contributed by atoms with Crippen molar-refractivity contribution in [2.24, 2.45) is 0 Å². The van der Waals surface area contributed by atoms with Gasteiger partial charge in [-0.1, -0.05) is 0 Å². The zero-order valence-corrected chi connectivity index (χ0v) is 13.4. The topological polar surface area (TPSA) is 9.23 Å². The Morgan fingerprint density at radius 1 is 1.13 bits per heavy atom. The molecule has 0 saturated carbocycles. The van der Waals surface area contributed by atoms with Gasteiger partial charge in [0.15, 0.2) is 0 Å². The van der Waals surface area contributed by atoms with Crippen LogP contribution < -0.4 is 3.07 Å². The molecule has 0 aliphatic rings. The first-order chi connectivity index (χ1) is 6.92. The van der Waals surface area contributed by atoms with Crippen molar-refractivity contribution < 1.29 is 3.07 Å². The summed E-state index contributed by atoms with van der Waals surface area (Å²) in [6.07, 6.45) is 1.19. The van der Waals surface area contributed by atoms with Crippen LogP contribution >= 0.6 is 0 Å². The van der Waals surface area contributed by atoms with Crippen LogP contribution in [0.2, 0.25) is 14.8 Å². The van der Waals surface area contributed by atoms with Gasteiger partial charge in [-0.3, -0.25) is 0 Å². The van der Waals surface area contributed by atoms with E-state index < -0.39 is 18.8 Å². The summed E-state index contributed by atoms with van der Waals surface area (Å²) in [6.45, 7) is 4.49. The van der Waals surface area contributed by atoms with Crippen LogP contribution in [0.4, 0.5) is 0 Å². The third kappa shape index (κ3) is 4.45. The van der Waals surface area contributed by atoms with Crippen LogP contribution in [0.3, 0.4) is 0 Å². The van der Waals surface area contributed by atoms with Crippen LogP contribution in [0.5, 0.6) is 5.75 Å². The van der Waals surface area contributed by atoms with E-state index >= 15 is 0 Å². The van der Waals surface area contributed by atoms with E-state index in [9.17, 15) is 0 Å². The number of hydrogen-bond acceptors (Lipinski definition) is 1. The molecule has 1 aromatic rings. The van der Waals surface area contributed by atoms with Crippen molar-refractivity contribution in [3.63, 3.8) is 0 Å². The first-order valence-electron chi connectivity index (χ1n) is 5.71. The van der Waals surface area contributed by atoms with E-state index in [0.717, 1.165) is 5.75 Å². The third-order valence-corrected chi connectivity index (χ3v) is 4.91. The standard InChI is InChI=1S/C10H14O.3CH3.Sn/c1-3-8(2)9-4-6-10(11)7-5-9;;;;/h4-8,11H,3H2,1-2H3;3*1H3;/q;;;;+1/p-1. The molecular formula is C13H22OSn. The zero-order valence-electron chi connectivity index (χ0n) is 10.5. The van der Waals surface area contributed by atoms with E-state index in [1.165, 1.54) is 12.0 Å². The summed E-state index contributed by atoms with van der Waals surface area (Å²) in [6, 6.07) is 8.62. The fourth-order valence-electron chi connectivity index (χ4n) is 1.45. The first-order valence-corrected chi connectivity index (χ1v) is 15.4. The van der Waals surface area contributed by atoms with E-state index in [1.807, 2.05) is 0 Å². The van der Waals surface area contributed by atoms with Gasteiger partial charge in [0, 0.05) is 0 Å². The molecule has 0 saturated heterocycles. The van der Waals surface area contributed by atoms with Gasteiger partial charge in [0.1, 0.15) is 0 Å². The molecule has 0 radical (unpaired) electrons.